The number of piperazine rings is 1. The molecule has 0 amide bonds. The number of rotatable bonds is 5. The lowest BCUT2D eigenvalue weighted by molar-refractivity contribution is 0.250. The first-order valence-electron chi connectivity index (χ1n) is 9.89. The molecule has 0 unspecified atom stereocenters. The zero-order chi connectivity index (χ0) is 20.2. The zero-order valence-corrected chi connectivity index (χ0v) is 16.9. The number of hydrogen-bond donors (Lipinski definition) is 1. The minimum absolute atomic E-state index is 0.120. The van der Waals surface area contributed by atoms with Crippen molar-refractivity contribution in [2.24, 2.45) is 0 Å². The summed E-state index contributed by atoms with van der Waals surface area (Å²) in [7, 11) is 1.70. The van der Waals surface area contributed by atoms with Crippen molar-refractivity contribution in [3.63, 3.8) is 0 Å². The Morgan fingerprint density at radius 3 is 2.48 bits per heavy atom. The van der Waals surface area contributed by atoms with Crippen molar-refractivity contribution >= 4 is 5.69 Å². The molecule has 0 bridgehead atoms. The summed E-state index contributed by atoms with van der Waals surface area (Å²) in [5, 5.41) is 0. The van der Waals surface area contributed by atoms with Crippen LogP contribution < -0.4 is 15.2 Å². The molecular formula is C23H26N4O2. The van der Waals surface area contributed by atoms with E-state index >= 15 is 0 Å². The maximum Gasteiger partial charge on any atom is 0.251 e. The van der Waals surface area contributed by atoms with Crippen LogP contribution in [0.3, 0.4) is 0 Å². The van der Waals surface area contributed by atoms with Gasteiger partial charge in [0.05, 0.1) is 7.11 Å². The van der Waals surface area contributed by atoms with Gasteiger partial charge < -0.3 is 14.6 Å². The molecule has 0 spiro atoms. The fourth-order valence-electron chi connectivity index (χ4n) is 3.71. The Bertz CT molecular complexity index is 1020. The Labute approximate surface area is 170 Å². The summed E-state index contributed by atoms with van der Waals surface area (Å²) in [6.45, 7) is 6.79. The van der Waals surface area contributed by atoms with Crippen molar-refractivity contribution in [3.8, 4) is 17.1 Å². The van der Waals surface area contributed by atoms with Crippen molar-refractivity contribution in [2.45, 2.75) is 13.5 Å². The summed E-state index contributed by atoms with van der Waals surface area (Å²) >= 11 is 0. The Balaban J connectivity index is 1.36. The monoisotopic (exact) mass is 390 g/mol. The van der Waals surface area contributed by atoms with Crippen LogP contribution >= 0.6 is 0 Å². The van der Waals surface area contributed by atoms with E-state index in [-0.39, 0.29) is 5.56 Å². The van der Waals surface area contributed by atoms with Gasteiger partial charge in [0.15, 0.2) is 0 Å². The highest BCUT2D eigenvalue weighted by molar-refractivity contribution is 5.55. The molecule has 0 radical (unpaired) electrons. The van der Waals surface area contributed by atoms with Gasteiger partial charge in [0.1, 0.15) is 11.6 Å². The van der Waals surface area contributed by atoms with Crippen LogP contribution in [-0.4, -0.2) is 48.2 Å². The second-order valence-corrected chi connectivity index (χ2v) is 7.40. The van der Waals surface area contributed by atoms with Crippen molar-refractivity contribution in [2.75, 3.05) is 38.2 Å². The van der Waals surface area contributed by atoms with Gasteiger partial charge in [0.2, 0.25) is 0 Å². The van der Waals surface area contributed by atoms with E-state index in [9.17, 15) is 4.79 Å². The van der Waals surface area contributed by atoms with Gasteiger partial charge in [-0.1, -0.05) is 30.3 Å². The number of hydrogen-bond acceptors (Lipinski definition) is 5. The lowest BCUT2D eigenvalue weighted by Crippen LogP contribution is -2.45. The van der Waals surface area contributed by atoms with Crippen molar-refractivity contribution < 1.29 is 4.74 Å². The predicted molar refractivity (Wildman–Crippen MR) is 116 cm³/mol. The van der Waals surface area contributed by atoms with E-state index in [2.05, 4.69) is 44.0 Å². The largest absolute Gasteiger partial charge is 0.497 e. The Morgan fingerprint density at radius 1 is 1.03 bits per heavy atom. The van der Waals surface area contributed by atoms with E-state index in [4.69, 9.17) is 4.74 Å². The minimum Gasteiger partial charge on any atom is -0.497 e. The summed E-state index contributed by atoms with van der Waals surface area (Å²) < 4.78 is 5.34. The second kappa shape index (κ2) is 8.49. The van der Waals surface area contributed by atoms with Crippen LogP contribution in [0.5, 0.6) is 5.75 Å². The van der Waals surface area contributed by atoms with Gasteiger partial charge in [-0.25, -0.2) is 4.98 Å². The molecular weight excluding hydrogens is 364 g/mol. The standard InChI is InChI=1S/C23H26N4O2/c1-17-14-22(28)25-23(24-17)19-8-6-18(7-9-19)16-26-10-12-27(13-11-26)20-4-3-5-21(15-20)29-2/h3-9,14-15H,10-13,16H2,1-2H3,(H,24,25,28). The molecule has 0 atom stereocenters. The van der Waals surface area contributed by atoms with Crippen LogP contribution in [0.2, 0.25) is 0 Å². The number of anilines is 1. The summed E-state index contributed by atoms with van der Waals surface area (Å²) in [5.41, 5.74) is 4.01. The SMILES string of the molecule is COc1cccc(N2CCN(Cc3ccc(-c4nc(C)cc(=O)[nH]4)cc3)CC2)c1. The number of ether oxygens (including phenoxy) is 1. The topological polar surface area (TPSA) is 61.5 Å². The number of aryl methyl sites for hydroxylation is 1. The highest BCUT2D eigenvalue weighted by atomic mass is 16.5. The molecule has 0 aliphatic carbocycles. The first-order chi connectivity index (χ1) is 14.1. The summed E-state index contributed by atoms with van der Waals surface area (Å²) in [5.74, 6) is 1.52. The maximum absolute atomic E-state index is 11.7. The molecule has 1 fully saturated rings. The van der Waals surface area contributed by atoms with Crippen molar-refractivity contribution in [3.05, 3.63) is 76.2 Å². The molecule has 3 aromatic rings. The molecule has 1 aromatic heterocycles. The fourth-order valence-corrected chi connectivity index (χ4v) is 3.71. The van der Waals surface area contributed by atoms with E-state index in [1.807, 2.05) is 31.2 Å². The van der Waals surface area contributed by atoms with E-state index < -0.39 is 0 Å². The molecule has 29 heavy (non-hydrogen) atoms. The first-order valence-corrected chi connectivity index (χ1v) is 9.89. The number of methoxy groups -OCH3 is 1. The molecule has 1 N–H and O–H groups in total. The van der Waals surface area contributed by atoms with Crippen LogP contribution in [-0.2, 0) is 6.54 Å². The summed E-state index contributed by atoms with van der Waals surface area (Å²) in [6.07, 6.45) is 0. The number of aromatic amines is 1. The molecule has 1 saturated heterocycles. The highest BCUT2D eigenvalue weighted by Gasteiger charge is 2.17. The van der Waals surface area contributed by atoms with Crippen LogP contribution in [0.25, 0.3) is 11.4 Å². The summed E-state index contributed by atoms with van der Waals surface area (Å²) in [6, 6.07) is 18.0. The number of benzene rings is 2. The number of nitrogens with one attached hydrogen (secondary N) is 1. The van der Waals surface area contributed by atoms with Crippen LogP contribution in [0.4, 0.5) is 5.69 Å². The minimum atomic E-state index is -0.120. The molecule has 4 rings (SSSR count). The van der Waals surface area contributed by atoms with Gasteiger partial charge in [0.25, 0.3) is 5.56 Å². The number of nitrogens with zero attached hydrogens (tertiary/aromatic N) is 3. The Morgan fingerprint density at radius 2 is 1.79 bits per heavy atom. The Hall–Kier alpha value is -3.12. The molecule has 0 saturated carbocycles. The third kappa shape index (κ3) is 4.66. The third-order valence-corrected chi connectivity index (χ3v) is 5.29. The summed E-state index contributed by atoms with van der Waals surface area (Å²) in [4.78, 5) is 23.8. The fraction of sp³-hybridized carbons (Fsp3) is 0.304. The average molecular weight is 390 g/mol. The normalized spacial score (nSPS) is 14.8. The van der Waals surface area contributed by atoms with E-state index in [0.29, 0.717) is 5.82 Å². The van der Waals surface area contributed by atoms with E-state index in [0.717, 1.165) is 49.7 Å². The van der Waals surface area contributed by atoms with E-state index in [1.165, 1.54) is 17.3 Å². The number of aromatic nitrogens is 2. The first kappa shape index (κ1) is 19.2. The van der Waals surface area contributed by atoms with Crippen molar-refractivity contribution in [1.82, 2.24) is 14.9 Å². The highest BCUT2D eigenvalue weighted by Crippen LogP contribution is 2.23. The van der Waals surface area contributed by atoms with E-state index in [1.54, 1.807) is 7.11 Å². The third-order valence-electron chi connectivity index (χ3n) is 5.29. The molecule has 1 aliphatic rings. The zero-order valence-electron chi connectivity index (χ0n) is 16.9. The quantitative estimate of drug-likeness (QED) is 0.725. The van der Waals surface area contributed by atoms with Gasteiger partial charge in [-0.2, -0.15) is 0 Å². The lowest BCUT2D eigenvalue weighted by Gasteiger charge is -2.36. The molecule has 6 nitrogen and oxygen atoms in total. The average Bonchev–Trinajstić information content (AvgIpc) is 2.74. The van der Waals surface area contributed by atoms with Gasteiger partial charge in [0, 0.05) is 61.8 Å². The molecule has 6 heteroatoms. The Kier molecular flexibility index (Phi) is 5.62. The molecule has 2 heterocycles. The van der Waals surface area contributed by atoms with Gasteiger partial charge in [-0.05, 0) is 24.6 Å². The van der Waals surface area contributed by atoms with Crippen LogP contribution in [0.15, 0.2) is 59.4 Å². The van der Waals surface area contributed by atoms with Gasteiger partial charge >= 0.3 is 0 Å². The predicted octanol–water partition coefficient (Wildman–Crippen LogP) is 3.08. The van der Waals surface area contributed by atoms with Gasteiger partial charge in [-0.3, -0.25) is 9.69 Å². The smallest absolute Gasteiger partial charge is 0.251 e. The van der Waals surface area contributed by atoms with Crippen LogP contribution in [0.1, 0.15) is 11.3 Å². The maximum atomic E-state index is 11.7. The molecule has 150 valence electrons. The number of H-pyrrole nitrogens is 1. The molecule has 2 aromatic carbocycles. The van der Waals surface area contributed by atoms with Crippen molar-refractivity contribution in [1.29, 1.82) is 0 Å². The lowest BCUT2D eigenvalue weighted by atomic mass is 10.1. The van der Waals surface area contributed by atoms with Gasteiger partial charge in [-0.15, -0.1) is 0 Å². The second-order valence-electron chi connectivity index (χ2n) is 7.40. The van der Waals surface area contributed by atoms with Crippen LogP contribution in [0, 0.1) is 6.92 Å². The molecule has 1 aliphatic heterocycles.